The highest BCUT2D eigenvalue weighted by Crippen LogP contribution is 1.73. The Labute approximate surface area is 55.7 Å². The normalized spacial score (nSPS) is 15.0. The third-order valence-corrected chi connectivity index (χ3v) is 1.14. The number of hydrogen-bond acceptors (Lipinski definition) is 1. The topological polar surface area (TPSA) is 28.2 Å². The van der Waals surface area contributed by atoms with Crippen molar-refractivity contribution in [3.63, 3.8) is 0 Å². The van der Waals surface area contributed by atoms with Crippen LogP contribution in [0, 0.1) is 11.8 Å². The zero-order chi connectivity index (χ0) is 7.11. The Kier molecular flexibility index (Phi) is 4.47. The van der Waals surface area contributed by atoms with E-state index in [-0.39, 0.29) is 0 Å². The van der Waals surface area contributed by atoms with Gasteiger partial charge in [0.15, 0.2) is 0 Å². The monoisotopic (exact) mass is 122 g/mol. The van der Waals surface area contributed by atoms with Gasteiger partial charge in [0.2, 0.25) is 0 Å². The van der Waals surface area contributed by atoms with Gasteiger partial charge in [0.05, 0.1) is 18.9 Å². The van der Waals surface area contributed by atoms with Gasteiger partial charge in [-0.3, -0.25) is 4.90 Å². The number of rotatable bonds is 1. The standard InChI is InChI=1S/C6H9N.CN/c1-2-7-5-3-4-6-7;1-2/h3-6H,2H2,1H3;/q;-1/p+1. The van der Waals surface area contributed by atoms with Crippen LogP contribution in [0.1, 0.15) is 6.92 Å². The minimum atomic E-state index is 1.16. The van der Waals surface area contributed by atoms with Gasteiger partial charge in [0.1, 0.15) is 0 Å². The van der Waals surface area contributed by atoms with Crippen LogP contribution in [0.5, 0.6) is 0 Å². The van der Waals surface area contributed by atoms with Crippen LogP contribution in [0.25, 0.3) is 0 Å². The molecule has 9 heavy (non-hydrogen) atoms. The molecule has 0 atom stereocenters. The van der Waals surface area contributed by atoms with Crippen LogP contribution in [0.3, 0.4) is 0 Å². The Morgan fingerprint density at radius 1 is 1.33 bits per heavy atom. The highest BCUT2D eigenvalue weighted by molar-refractivity contribution is 5.00. The first-order valence-corrected chi connectivity index (χ1v) is 2.86. The maximum Gasteiger partial charge on any atom is 0.0989 e. The molecule has 1 heterocycles. The van der Waals surface area contributed by atoms with Crippen molar-refractivity contribution in [3.8, 4) is 0 Å². The molecule has 0 unspecified atom stereocenters. The van der Waals surface area contributed by atoms with Crippen molar-refractivity contribution in [2.75, 3.05) is 6.54 Å². The SMILES string of the molecule is CC[NH+]1C=CC=C1.[C-]#N. The lowest BCUT2D eigenvalue weighted by atomic mass is 10.6. The van der Waals surface area contributed by atoms with E-state index >= 15 is 0 Å². The van der Waals surface area contributed by atoms with Crippen LogP contribution >= 0.6 is 0 Å². The van der Waals surface area contributed by atoms with E-state index in [1.165, 1.54) is 4.90 Å². The third-order valence-electron chi connectivity index (χ3n) is 1.14. The minimum absolute atomic E-state index is 1.16. The van der Waals surface area contributed by atoms with Crippen LogP contribution in [0.4, 0.5) is 0 Å². The highest BCUT2D eigenvalue weighted by atomic mass is 15.1. The summed E-state index contributed by atoms with van der Waals surface area (Å²) in [5, 5.41) is 6.25. The van der Waals surface area contributed by atoms with Crippen molar-refractivity contribution in [2.45, 2.75) is 6.92 Å². The first kappa shape index (κ1) is 7.93. The summed E-state index contributed by atoms with van der Waals surface area (Å²) in [5.41, 5.74) is 0. The van der Waals surface area contributed by atoms with Gasteiger partial charge in [-0.15, -0.1) is 0 Å². The van der Waals surface area contributed by atoms with Gasteiger partial charge in [-0.2, -0.15) is 0 Å². The van der Waals surface area contributed by atoms with Crippen LogP contribution in [0.2, 0.25) is 0 Å². The summed E-state index contributed by atoms with van der Waals surface area (Å²) in [4.78, 5) is 1.43. The van der Waals surface area contributed by atoms with E-state index in [4.69, 9.17) is 11.8 Å². The second kappa shape index (κ2) is 5.07. The maximum atomic E-state index is 6.25. The first-order valence-electron chi connectivity index (χ1n) is 2.86. The smallest absolute Gasteiger partial charge is 0.0989 e. The molecule has 0 aliphatic carbocycles. The molecule has 1 aliphatic heterocycles. The van der Waals surface area contributed by atoms with Crippen LogP contribution in [-0.2, 0) is 0 Å². The van der Waals surface area contributed by atoms with Crippen molar-refractivity contribution >= 4 is 0 Å². The van der Waals surface area contributed by atoms with Gasteiger partial charge < -0.3 is 11.8 Å². The molecule has 2 heteroatoms. The van der Waals surface area contributed by atoms with E-state index in [1.807, 2.05) is 0 Å². The molecule has 0 aromatic carbocycles. The summed E-state index contributed by atoms with van der Waals surface area (Å²) in [6.45, 7) is 8.07. The van der Waals surface area contributed by atoms with Gasteiger partial charge in [-0.1, -0.05) is 0 Å². The average molecular weight is 122 g/mol. The van der Waals surface area contributed by atoms with Crippen LogP contribution in [-0.4, -0.2) is 6.54 Å². The summed E-state index contributed by atoms with van der Waals surface area (Å²) in [5.74, 6) is 0. The van der Waals surface area contributed by atoms with Gasteiger partial charge in [0, 0.05) is 0 Å². The lowest BCUT2D eigenvalue weighted by molar-refractivity contribution is -0.785. The fourth-order valence-electron chi connectivity index (χ4n) is 0.650. The van der Waals surface area contributed by atoms with Crippen LogP contribution < -0.4 is 4.90 Å². The zero-order valence-corrected chi connectivity index (χ0v) is 5.46. The van der Waals surface area contributed by atoms with E-state index in [1.54, 1.807) is 0 Å². The second-order valence-corrected chi connectivity index (χ2v) is 1.65. The summed E-state index contributed by atoms with van der Waals surface area (Å²) in [6, 6.07) is 0. The Hall–Kier alpha value is -1.07. The molecule has 0 fully saturated rings. The highest BCUT2D eigenvalue weighted by Gasteiger charge is 1.96. The molecule has 2 nitrogen and oxygen atoms in total. The number of quaternary nitrogens is 1. The van der Waals surface area contributed by atoms with E-state index in [9.17, 15) is 0 Å². The molecule has 1 N–H and O–H groups in total. The quantitative estimate of drug-likeness (QED) is 0.488. The van der Waals surface area contributed by atoms with Gasteiger partial charge in [-0.25, -0.2) is 0 Å². The molecule has 0 amide bonds. The lowest BCUT2D eigenvalue weighted by Crippen LogP contribution is -3.01. The number of nitrogens with one attached hydrogen (secondary N) is 1. The maximum absolute atomic E-state index is 6.25. The largest absolute Gasteiger partial charge is 0.512 e. The number of nitrogens with zero attached hydrogens (tertiary/aromatic N) is 1. The Morgan fingerprint density at radius 2 is 1.78 bits per heavy atom. The Morgan fingerprint density at radius 3 is 2.00 bits per heavy atom. The van der Waals surface area contributed by atoms with Gasteiger partial charge in [-0.05, 0) is 19.1 Å². The molecule has 1 rings (SSSR count). The van der Waals surface area contributed by atoms with Crippen molar-refractivity contribution in [2.24, 2.45) is 0 Å². The molecule has 0 radical (unpaired) electrons. The summed E-state index contributed by atoms with van der Waals surface area (Å²) in [7, 11) is 0. The molecule has 0 aromatic rings. The van der Waals surface area contributed by atoms with Gasteiger partial charge in [0.25, 0.3) is 0 Å². The molecule has 1 aliphatic rings. The van der Waals surface area contributed by atoms with Gasteiger partial charge >= 0.3 is 0 Å². The Balaban J connectivity index is 0.000000291. The van der Waals surface area contributed by atoms with E-state index in [0.29, 0.717) is 0 Å². The molecule has 0 bridgehead atoms. The molecular weight excluding hydrogens is 112 g/mol. The molecule has 0 saturated heterocycles. The van der Waals surface area contributed by atoms with Crippen molar-refractivity contribution in [3.05, 3.63) is 31.1 Å². The first-order chi connectivity index (χ1) is 4.43. The summed E-state index contributed by atoms with van der Waals surface area (Å²) in [6.07, 6.45) is 8.41. The number of allylic oxidation sites excluding steroid dienone is 2. The molecular formula is C7H10N2. The second-order valence-electron chi connectivity index (χ2n) is 1.65. The molecule has 0 aromatic heterocycles. The average Bonchev–Trinajstić information content (AvgIpc) is 2.43. The zero-order valence-electron chi connectivity index (χ0n) is 5.46. The molecule has 0 spiro atoms. The fraction of sp³-hybridized carbons (Fsp3) is 0.286. The molecule has 0 saturated carbocycles. The third kappa shape index (κ3) is 2.68. The van der Waals surface area contributed by atoms with Crippen molar-refractivity contribution in [1.29, 1.82) is 5.26 Å². The predicted octanol–water partition coefficient (Wildman–Crippen LogP) is 0.0286. The van der Waals surface area contributed by atoms with Crippen LogP contribution in [0.15, 0.2) is 24.6 Å². The summed E-state index contributed by atoms with van der Waals surface area (Å²) >= 11 is 0. The van der Waals surface area contributed by atoms with E-state index in [2.05, 4.69) is 31.5 Å². The molecule has 48 valence electrons. The van der Waals surface area contributed by atoms with Crippen molar-refractivity contribution < 1.29 is 4.90 Å². The predicted molar refractivity (Wildman–Crippen MR) is 34.8 cm³/mol. The Bertz CT molecular complexity index is 121. The fourth-order valence-corrected chi connectivity index (χ4v) is 0.650. The number of hydrogen-bond donors (Lipinski definition) is 1. The minimum Gasteiger partial charge on any atom is -0.512 e. The lowest BCUT2D eigenvalue weighted by Gasteiger charge is -1.98. The van der Waals surface area contributed by atoms with E-state index in [0.717, 1.165) is 6.54 Å². The van der Waals surface area contributed by atoms with E-state index < -0.39 is 0 Å². The van der Waals surface area contributed by atoms with Crippen molar-refractivity contribution in [1.82, 2.24) is 0 Å². The summed E-state index contributed by atoms with van der Waals surface area (Å²) < 4.78 is 0.